The van der Waals surface area contributed by atoms with Crippen molar-refractivity contribution in [1.29, 1.82) is 5.26 Å². The van der Waals surface area contributed by atoms with Crippen LogP contribution in [0, 0.1) is 17.1 Å². The summed E-state index contributed by atoms with van der Waals surface area (Å²) in [6.07, 6.45) is -9.48. The van der Waals surface area contributed by atoms with Crippen molar-refractivity contribution >= 4 is 11.2 Å². The summed E-state index contributed by atoms with van der Waals surface area (Å²) in [6.45, 7) is 0. The molecule has 0 aliphatic carbocycles. The Morgan fingerprint density at radius 3 is 2.30 bits per heavy atom. The molecule has 0 N–H and O–H groups in total. The summed E-state index contributed by atoms with van der Waals surface area (Å²) in [6, 6.07) is 2.40. The zero-order valence-electron chi connectivity index (χ0n) is 12.7. The Morgan fingerprint density at radius 1 is 1.19 bits per heavy atom. The van der Waals surface area contributed by atoms with Crippen LogP contribution in [0.15, 0.2) is 34.2 Å². The first-order valence-corrected chi connectivity index (χ1v) is 8.00. The van der Waals surface area contributed by atoms with Crippen LogP contribution in [-0.4, -0.2) is 26.0 Å². The largest absolute Gasteiger partial charge is 0.611 e. The fraction of sp³-hybridized carbons (Fsp3) is 0.214. The normalized spacial score (nSPS) is 13.3. The predicted molar refractivity (Wildman–Crippen MR) is 76.8 cm³/mol. The lowest BCUT2D eigenvalue weighted by atomic mass is 10.2. The van der Waals surface area contributed by atoms with Gasteiger partial charge in [-0.05, 0) is 17.2 Å². The van der Waals surface area contributed by atoms with Crippen molar-refractivity contribution in [2.45, 2.75) is 17.2 Å². The molecule has 144 valence electrons. The minimum atomic E-state index is -4.94. The smallest absolute Gasteiger partial charge is 0.433 e. The molecule has 13 heteroatoms. The predicted octanol–water partition coefficient (Wildman–Crippen LogP) is 2.93. The van der Waals surface area contributed by atoms with Crippen molar-refractivity contribution in [3.8, 4) is 11.8 Å². The van der Waals surface area contributed by atoms with Gasteiger partial charge in [0.1, 0.15) is 23.8 Å². The van der Waals surface area contributed by atoms with Crippen molar-refractivity contribution < 1.29 is 35.3 Å². The SMILES string of the molecule is N#Cc1cc(F)c(-n2cnc(C(F)(F)F)cc2=O)cc1[S+]([O-])CC(F)(F)F. The Balaban J connectivity index is 2.61. The van der Waals surface area contributed by atoms with E-state index in [0.29, 0.717) is 23.0 Å². The standard InChI is InChI=1S/C14H6F7N3O2S/c15-8-1-7(4-22)10(27(26)5-13(16,17)18)2-9(8)24-6-23-11(3-12(24)25)14(19,20)21/h1-3,6H,5H2. The molecule has 0 saturated carbocycles. The third kappa shape index (κ3) is 4.77. The molecule has 1 atom stereocenters. The lowest BCUT2D eigenvalue weighted by Gasteiger charge is -2.15. The van der Waals surface area contributed by atoms with Gasteiger partial charge in [0, 0.05) is 12.1 Å². The first-order valence-electron chi connectivity index (χ1n) is 6.68. The minimum absolute atomic E-state index is 0.0595. The van der Waals surface area contributed by atoms with Crippen LogP contribution < -0.4 is 5.56 Å². The first kappa shape index (κ1) is 20.7. The molecule has 5 nitrogen and oxygen atoms in total. The van der Waals surface area contributed by atoms with Gasteiger partial charge < -0.3 is 4.55 Å². The van der Waals surface area contributed by atoms with Crippen molar-refractivity contribution in [3.63, 3.8) is 0 Å². The van der Waals surface area contributed by atoms with E-state index >= 15 is 0 Å². The molecule has 1 heterocycles. The zero-order chi connectivity index (χ0) is 20.6. The highest BCUT2D eigenvalue weighted by atomic mass is 32.2. The second-order valence-corrected chi connectivity index (χ2v) is 6.42. The first-order chi connectivity index (χ1) is 12.3. The summed E-state index contributed by atoms with van der Waals surface area (Å²) in [5.74, 6) is -3.14. The maximum Gasteiger partial charge on any atom is 0.433 e. The number of alkyl halides is 6. The number of aromatic nitrogens is 2. The number of halogens is 7. The molecule has 0 aliphatic rings. The highest BCUT2D eigenvalue weighted by Crippen LogP contribution is 2.29. The second kappa shape index (κ2) is 7.20. The molecule has 27 heavy (non-hydrogen) atoms. The lowest BCUT2D eigenvalue weighted by Crippen LogP contribution is -2.25. The van der Waals surface area contributed by atoms with Gasteiger partial charge in [-0.25, -0.2) is 9.37 Å². The number of hydrogen-bond donors (Lipinski definition) is 0. The van der Waals surface area contributed by atoms with Crippen molar-refractivity contribution in [3.05, 3.63) is 52.0 Å². The maximum absolute atomic E-state index is 14.1. The summed E-state index contributed by atoms with van der Waals surface area (Å²) in [4.78, 5) is 14.1. The molecule has 1 aromatic heterocycles. The number of rotatable bonds is 3. The van der Waals surface area contributed by atoms with Gasteiger partial charge in [0.15, 0.2) is 10.6 Å². The number of benzene rings is 1. The number of nitriles is 1. The molecule has 1 unspecified atom stereocenters. The maximum atomic E-state index is 14.1. The van der Waals surface area contributed by atoms with Crippen molar-refractivity contribution in [2.75, 3.05) is 5.75 Å². The highest BCUT2D eigenvalue weighted by Gasteiger charge is 2.37. The molecule has 0 amide bonds. The van der Waals surface area contributed by atoms with Gasteiger partial charge in [0.25, 0.3) is 5.56 Å². The van der Waals surface area contributed by atoms with E-state index in [9.17, 15) is 40.1 Å². The molecule has 2 rings (SSSR count). The van der Waals surface area contributed by atoms with E-state index in [4.69, 9.17) is 5.26 Å². The summed E-state index contributed by atoms with van der Waals surface area (Å²) in [5, 5.41) is 8.89. The Labute approximate surface area is 148 Å². The third-order valence-electron chi connectivity index (χ3n) is 3.07. The molecular formula is C14H6F7N3O2S. The minimum Gasteiger partial charge on any atom is -0.611 e. The van der Waals surface area contributed by atoms with Gasteiger partial charge in [-0.2, -0.15) is 31.6 Å². The van der Waals surface area contributed by atoms with E-state index in [1.54, 1.807) is 0 Å². The summed E-state index contributed by atoms with van der Waals surface area (Å²) < 4.78 is 101. The van der Waals surface area contributed by atoms with Crippen molar-refractivity contribution in [2.24, 2.45) is 0 Å². The number of nitrogens with zero attached hydrogens (tertiary/aromatic N) is 3. The molecule has 0 saturated heterocycles. The molecule has 1 aromatic carbocycles. The van der Waals surface area contributed by atoms with Crippen LogP contribution in [0.2, 0.25) is 0 Å². The average Bonchev–Trinajstić information content (AvgIpc) is 2.52. The van der Waals surface area contributed by atoms with Crippen LogP contribution in [-0.2, 0) is 17.4 Å². The molecule has 0 aliphatic heterocycles. The fourth-order valence-electron chi connectivity index (χ4n) is 1.97. The van der Waals surface area contributed by atoms with Gasteiger partial charge in [-0.3, -0.25) is 9.36 Å². The van der Waals surface area contributed by atoms with E-state index in [-0.39, 0.29) is 6.07 Å². The van der Waals surface area contributed by atoms with E-state index in [1.807, 2.05) is 0 Å². The van der Waals surface area contributed by atoms with Gasteiger partial charge in [-0.15, -0.1) is 0 Å². The molecule has 2 aromatic rings. The second-order valence-electron chi connectivity index (χ2n) is 5.00. The van der Waals surface area contributed by atoms with E-state index in [0.717, 1.165) is 0 Å². The average molecular weight is 413 g/mol. The van der Waals surface area contributed by atoms with E-state index < -0.39 is 62.5 Å². The Bertz CT molecular complexity index is 963. The summed E-state index contributed by atoms with van der Waals surface area (Å²) in [7, 11) is 0. The topological polar surface area (TPSA) is 81.7 Å². The molecule has 0 fully saturated rings. The van der Waals surface area contributed by atoms with Gasteiger partial charge >= 0.3 is 12.4 Å². The van der Waals surface area contributed by atoms with Crippen LogP contribution in [0.1, 0.15) is 11.3 Å². The zero-order valence-corrected chi connectivity index (χ0v) is 13.5. The summed E-state index contributed by atoms with van der Waals surface area (Å²) >= 11 is -2.81. The Morgan fingerprint density at radius 2 is 1.81 bits per heavy atom. The van der Waals surface area contributed by atoms with E-state index in [1.165, 1.54) is 6.07 Å². The molecule has 0 radical (unpaired) electrons. The molecule has 0 bridgehead atoms. The van der Waals surface area contributed by atoms with Crippen LogP contribution in [0.4, 0.5) is 30.7 Å². The van der Waals surface area contributed by atoms with Crippen molar-refractivity contribution in [1.82, 2.24) is 9.55 Å². The van der Waals surface area contributed by atoms with Gasteiger partial charge in [0.05, 0.1) is 5.69 Å². The highest BCUT2D eigenvalue weighted by molar-refractivity contribution is 7.91. The van der Waals surface area contributed by atoms with E-state index in [2.05, 4.69) is 4.98 Å². The van der Waals surface area contributed by atoms with Gasteiger partial charge in [-0.1, -0.05) is 0 Å². The third-order valence-corrected chi connectivity index (χ3v) is 4.49. The van der Waals surface area contributed by atoms with Crippen LogP contribution >= 0.6 is 0 Å². The van der Waals surface area contributed by atoms with Crippen LogP contribution in [0.25, 0.3) is 5.69 Å². The summed E-state index contributed by atoms with van der Waals surface area (Å²) in [5.41, 5.74) is -4.41. The fourth-order valence-corrected chi connectivity index (χ4v) is 3.01. The van der Waals surface area contributed by atoms with Crippen LogP contribution in [0.3, 0.4) is 0 Å². The number of hydrogen-bond acceptors (Lipinski definition) is 4. The molecular weight excluding hydrogens is 407 g/mol. The van der Waals surface area contributed by atoms with Crippen LogP contribution in [0.5, 0.6) is 0 Å². The lowest BCUT2D eigenvalue weighted by molar-refractivity contribution is -0.141. The molecule has 0 spiro atoms. The monoisotopic (exact) mass is 413 g/mol. The van der Waals surface area contributed by atoms with Gasteiger partial charge in [0.2, 0.25) is 5.75 Å². The Hall–Kier alpha value is -2.59. The quantitative estimate of drug-likeness (QED) is 0.573. The Kier molecular flexibility index (Phi) is 5.52.